The molecule has 0 bridgehead atoms. The van der Waals surface area contributed by atoms with Crippen molar-refractivity contribution in [2.75, 3.05) is 17.6 Å². The van der Waals surface area contributed by atoms with Gasteiger partial charge in [-0.05, 0) is 19.6 Å². The van der Waals surface area contributed by atoms with Crippen molar-refractivity contribution >= 4 is 29.5 Å². The molecule has 2 amide bonds. The Hall–Kier alpha value is -1.57. The van der Waals surface area contributed by atoms with Crippen molar-refractivity contribution in [3.63, 3.8) is 0 Å². The van der Waals surface area contributed by atoms with Gasteiger partial charge in [0.2, 0.25) is 22.9 Å². The predicted octanol–water partition coefficient (Wildman–Crippen LogP) is 1.11. The zero-order valence-electron chi connectivity index (χ0n) is 11.8. The Morgan fingerprint density at radius 2 is 2.35 bits per heavy atom. The van der Waals surface area contributed by atoms with Gasteiger partial charge in [-0.25, -0.2) is 5.10 Å². The highest BCUT2D eigenvalue weighted by Crippen LogP contribution is 2.21. The Morgan fingerprint density at radius 3 is 2.95 bits per heavy atom. The zero-order chi connectivity index (χ0) is 14.7. The van der Waals surface area contributed by atoms with E-state index in [4.69, 9.17) is 0 Å². The number of nitrogens with zero attached hydrogens (tertiary/aromatic N) is 3. The van der Waals surface area contributed by atoms with Gasteiger partial charge >= 0.3 is 0 Å². The number of rotatable bonds is 5. The lowest BCUT2D eigenvalue weighted by molar-refractivity contribution is -0.129. The van der Waals surface area contributed by atoms with Crippen LogP contribution in [0.25, 0.3) is 0 Å². The second-order valence-corrected chi connectivity index (χ2v) is 6.16. The number of nitrogens with one attached hydrogen (secondary N) is 2. The molecule has 2 N–H and O–H groups in total. The Morgan fingerprint density at radius 1 is 1.60 bits per heavy atom. The summed E-state index contributed by atoms with van der Waals surface area (Å²) in [4.78, 5) is 29.8. The molecule has 1 fully saturated rings. The lowest BCUT2D eigenvalue weighted by Crippen LogP contribution is -2.33. The SMILES string of the molecule is CCSc1n[nH]c(NC(=O)C2CC(=O)N(C(C)C)C2)n1. The van der Waals surface area contributed by atoms with E-state index in [1.807, 2.05) is 20.8 Å². The first-order chi connectivity index (χ1) is 9.51. The van der Waals surface area contributed by atoms with E-state index in [0.29, 0.717) is 17.6 Å². The number of carbonyl (C=O) groups excluding carboxylic acids is 2. The van der Waals surface area contributed by atoms with Crippen LogP contribution in [-0.4, -0.2) is 50.2 Å². The summed E-state index contributed by atoms with van der Waals surface area (Å²) in [6.45, 7) is 6.36. The Kier molecular flexibility index (Phi) is 4.64. The lowest BCUT2D eigenvalue weighted by Gasteiger charge is -2.20. The number of amides is 2. The van der Waals surface area contributed by atoms with Crippen LogP contribution in [0.4, 0.5) is 5.95 Å². The fourth-order valence-corrected chi connectivity index (χ4v) is 2.65. The highest BCUT2D eigenvalue weighted by atomic mass is 32.2. The first-order valence-corrected chi connectivity index (χ1v) is 7.65. The summed E-state index contributed by atoms with van der Waals surface area (Å²) in [6, 6.07) is 0.123. The normalized spacial score (nSPS) is 18.9. The molecule has 1 aliphatic rings. The summed E-state index contributed by atoms with van der Waals surface area (Å²) in [5.41, 5.74) is 0. The van der Waals surface area contributed by atoms with Crippen molar-refractivity contribution in [1.29, 1.82) is 0 Å². The molecular weight excluding hydrogens is 278 g/mol. The maximum atomic E-state index is 12.1. The van der Waals surface area contributed by atoms with Crippen molar-refractivity contribution < 1.29 is 9.59 Å². The molecule has 1 atom stereocenters. The van der Waals surface area contributed by atoms with E-state index in [0.717, 1.165) is 5.75 Å². The molecule has 0 radical (unpaired) electrons. The average molecular weight is 297 g/mol. The Bertz CT molecular complexity index is 502. The van der Waals surface area contributed by atoms with Crippen LogP contribution in [0.15, 0.2) is 5.16 Å². The number of hydrogen-bond donors (Lipinski definition) is 2. The Labute approximate surface area is 121 Å². The molecule has 8 heteroatoms. The molecule has 1 aromatic heterocycles. The monoisotopic (exact) mass is 297 g/mol. The fraction of sp³-hybridized carbons (Fsp3) is 0.667. The van der Waals surface area contributed by atoms with E-state index in [-0.39, 0.29) is 30.2 Å². The van der Waals surface area contributed by atoms with Gasteiger partial charge in [-0.2, -0.15) is 4.98 Å². The second-order valence-electron chi connectivity index (χ2n) is 4.93. The van der Waals surface area contributed by atoms with Crippen molar-refractivity contribution in [3.05, 3.63) is 0 Å². The highest BCUT2D eigenvalue weighted by Gasteiger charge is 2.35. The van der Waals surface area contributed by atoms with E-state index in [9.17, 15) is 9.59 Å². The third-order valence-corrected chi connectivity index (χ3v) is 3.86. The van der Waals surface area contributed by atoms with Gasteiger partial charge in [0.05, 0.1) is 5.92 Å². The van der Waals surface area contributed by atoms with E-state index >= 15 is 0 Å². The minimum absolute atomic E-state index is 0.0277. The maximum Gasteiger partial charge on any atom is 0.232 e. The van der Waals surface area contributed by atoms with Gasteiger partial charge in [-0.15, -0.1) is 5.10 Å². The second kappa shape index (κ2) is 6.25. The maximum absolute atomic E-state index is 12.1. The molecule has 110 valence electrons. The van der Waals surface area contributed by atoms with Gasteiger partial charge in [0.1, 0.15) is 0 Å². The number of anilines is 1. The van der Waals surface area contributed by atoms with Crippen molar-refractivity contribution in [3.8, 4) is 0 Å². The van der Waals surface area contributed by atoms with Gasteiger partial charge < -0.3 is 4.90 Å². The van der Waals surface area contributed by atoms with Gasteiger partial charge in [-0.3, -0.25) is 14.9 Å². The number of hydrogen-bond acceptors (Lipinski definition) is 5. The van der Waals surface area contributed by atoms with Gasteiger partial charge in [0.25, 0.3) is 0 Å². The molecule has 0 aliphatic carbocycles. The highest BCUT2D eigenvalue weighted by molar-refractivity contribution is 7.99. The van der Waals surface area contributed by atoms with Crippen LogP contribution in [0.2, 0.25) is 0 Å². The molecule has 20 heavy (non-hydrogen) atoms. The molecular formula is C12H19N5O2S. The van der Waals surface area contributed by atoms with E-state index in [2.05, 4.69) is 20.5 Å². The average Bonchev–Trinajstić information content (AvgIpc) is 2.96. The van der Waals surface area contributed by atoms with Crippen LogP contribution >= 0.6 is 11.8 Å². The number of H-pyrrole nitrogens is 1. The summed E-state index contributed by atoms with van der Waals surface area (Å²) in [7, 11) is 0. The molecule has 2 rings (SSSR count). The molecule has 0 spiro atoms. The number of thioether (sulfide) groups is 1. The van der Waals surface area contributed by atoms with Crippen LogP contribution in [0.3, 0.4) is 0 Å². The van der Waals surface area contributed by atoms with E-state index in [1.165, 1.54) is 11.8 Å². The van der Waals surface area contributed by atoms with Crippen LogP contribution in [0.1, 0.15) is 27.2 Å². The van der Waals surface area contributed by atoms with Crippen molar-refractivity contribution in [2.24, 2.45) is 5.92 Å². The zero-order valence-corrected chi connectivity index (χ0v) is 12.7. The first kappa shape index (κ1) is 14.8. The van der Waals surface area contributed by atoms with Gasteiger partial charge in [0, 0.05) is 19.0 Å². The molecule has 1 saturated heterocycles. The van der Waals surface area contributed by atoms with Crippen LogP contribution in [0, 0.1) is 5.92 Å². The van der Waals surface area contributed by atoms with Crippen molar-refractivity contribution in [1.82, 2.24) is 20.1 Å². The minimum Gasteiger partial charge on any atom is -0.339 e. The van der Waals surface area contributed by atoms with E-state index in [1.54, 1.807) is 4.90 Å². The van der Waals surface area contributed by atoms with Crippen LogP contribution in [-0.2, 0) is 9.59 Å². The molecule has 0 aromatic carbocycles. The smallest absolute Gasteiger partial charge is 0.232 e. The molecule has 0 saturated carbocycles. The first-order valence-electron chi connectivity index (χ1n) is 6.66. The van der Waals surface area contributed by atoms with Gasteiger partial charge in [0.15, 0.2) is 0 Å². The van der Waals surface area contributed by atoms with Gasteiger partial charge in [-0.1, -0.05) is 18.7 Å². The third-order valence-electron chi connectivity index (χ3n) is 3.13. The molecule has 2 heterocycles. The number of likely N-dealkylation sites (tertiary alicyclic amines) is 1. The van der Waals surface area contributed by atoms with Crippen LogP contribution < -0.4 is 5.32 Å². The third kappa shape index (κ3) is 3.30. The van der Waals surface area contributed by atoms with Crippen molar-refractivity contribution in [2.45, 2.75) is 38.4 Å². The molecule has 7 nitrogen and oxygen atoms in total. The predicted molar refractivity (Wildman–Crippen MR) is 76.4 cm³/mol. The largest absolute Gasteiger partial charge is 0.339 e. The summed E-state index contributed by atoms with van der Waals surface area (Å²) in [5, 5.41) is 9.94. The number of aromatic amines is 1. The number of aromatic nitrogens is 3. The fourth-order valence-electron chi connectivity index (χ4n) is 2.12. The summed E-state index contributed by atoms with van der Waals surface area (Å²) >= 11 is 1.49. The lowest BCUT2D eigenvalue weighted by atomic mass is 10.1. The van der Waals surface area contributed by atoms with Crippen LogP contribution in [0.5, 0.6) is 0 Å². The number of carbonyl (C=O) groups is 2. The topological polar surface area (TPSA) is 91.0 Å². The standard InChI is InChI=1S/C12H19N5O2S/c1-4-20-12-14-11(15-16-12)13-10(19)8-5-9(18)17(6-8)7(2)3/h7-8H,4-6H2,1-3H3,(H2,13,14,15,16,19). The molecule has 1 aromatic rings. The summed E-state index contributed by atoms with van der Waals surface area (Å²) < 4.78 is 0. The minimum atomic E-state index is -0.322. The quantitative estimate of drug-likeness (QED) is 0.795. The summed E-state index contributed by atoms with van der Waals surface area (Å²) in [5.74, 6) is 0.718. The van der Waals surface area contributed by atoms with E-state index < -0.39 is 0 Å². The Balaban J connectivity index is 1.93. The molecule has 1 unspecified atom stereocenters. The molecule has 1 aliphatic heterocycles. The summed E-state index contributed by atoms with van der Waals surface area (Å²) in [6.07, 6.45) is 0.259.